The Kier molecular flexibility index (Phi) is 8.01. The van der Waals surface area contributed by atoms with Crippen LogP contribution in [0.1, 0.15) is 15.9 Å². The molecule has 3 aromatic rings. The number of hydrogen-bond donors (Lipinski definition) is 1. The van der Waals surface area contributed by atoms with Crippen molar-refractivity contribution in [2.24, 2.45) is 0 Å². The molecular weight excluding hydrogens is 456 g/mol. The Hall–Kier alpha value is -3.72. The number of anilines is 1. The molecule has 0 aliphatic heterocycles. The first-order valence-electron chi connectivity index (χ1n) is 10.5. The molecule has 3 rings (SSSR count). The summed E-state index contributed by atoms with van der Waals surface area (Å²) in [6, 6.07) is 18.4. The molecule has 0 fully saturated rings. The molecule has 0 unspecified atom stereocenters. The minimum Gasteiger partial charge on any atom is -0.497 e. The molecule has 0 saturated carbocycles. The Labute approximate surface area is 200 Å². The Morgan fingerprint density at radius 2 is 1.50 bits per heavy atom. The van der Waals surface area contributed by atoms with Crippen molar-refractivity contribution in [3.05, 3.63) is 77.9 Å². The van der Waals surface area contributed by atoms with Crippen LogP contribution in [0.4, 0.5) is 5.69 Å². The van der Waals surface area contributed by atoms with E-state index in [1.54, 1.807) is 37.4 Å². The molecule has 34 heavy (non-hydrogen) atoms. The number of carbonyl (C=O) groups is 1. The first-order valence-corrected chi connectivity index (χ1v) is 12.0. The van der Waals surface area contributed by atoms with Gasteiger partial charge in [0.1, 0.15) is 5.75 Å². The van der Waals surface area contributed by atoms with Crippen LogP contribution in [-0.4, -0.2) is 49.2 Å². The Balaban J connectivity index is 1.64. The zero-order valence-corrected chi connectivity index (χ0v) is 20.4. The highest BCUT2D eigenvalue weighted by Crippen LogP contribution is 2.31. The minimum atomic E-state index is -3.84. The van der Waals surface area contributed by atoms with E-state index in [4.69, 9.17) is 14.2 Å². The van der Waals surface area contributed by atoms with Crippen LogP contribution >= 0.6 is 0 Å². The van der Waals surface area contributed by atoms with E-state index < -0.39 is 10.0 Å². The smallest absolute Gasteiger partial charge is 0.264 e. The van der Waals surface area contributed by atoms with Crippen LogP contribution in [0, 0.1) is 0 Å². The highest BCUT2D eigenvalue weighted by Gasteiger charge is 2.23. The molecule has 180 valence electrons. The first kappa shape index (κ1) is 24.9. The van der Waals surface area contributed by atoms with Crippen molar-refractivity contribution in [2.45, 2.75) is 11.3 Å². The SMILES string of the molecule is COc1ccc(CCNC(=O)c2ccc(N(C)S(=O)(=O)c3ccc(OC)c(OC)c3)cc2)cc1. The van der Waals surface area contributed by atoms with Crippen molar-refractivity contribution in [1.82, 2.24) is 5.32 Å². The number of hydrogen-bond acceptors (Lipinski definition) is 6. The maximum atomic E-state index is 13.1. The molecule has 0 aliphatic rings. The zero-order chi connectivity index (χ0) is 24.7. The predicted octanol–water partition coefficient (Wildman–Crippen LogP) is 3.51. The molecular formula is C25H28N2O6S. The van der Waals surface area contributed by atoms with E-state index in [1.165, 1.54) is 33.4 Å². The standard InChI is InChI=1S/C25H28N2O6S/c1-27(34(29,30)22-13-14-23(32-3)24(17-22)33-4)20-9-7-19(8-10-20)25(28)26-16-15-18-5-11-21(31-2)12-6-18/h5-14,17H,15-16H2,1-4H3,(H,26,28). The molecule has 3 aromatic carbocycles. The predicted molar refractivity (Wildman–Crippen MR) is 131 cm³/mol. The fraction of sp³-hybridized carbons (Fsp3) is 0.240. The lowest BCUT2D eigenvalue weighted by Gasteiger charge is -2.20. The van der Waals surface area contributed by atoms with Crippen LogP contribution in [0.25, 0.3) is 0 Å². The number of sulfonamides is 1. The lowest BCUT2D eigenvalue weighted by Crippen LogP contribution is -2.27. The van der Waals surface area contributed by atoms with Crippen LogP contribution in [0.3, 0.4) is 0 Å². The van der Waals surface area contributed by atoms with Gasteiger partial charge in [0, 0.05) is 25.2 Å². The average Bonchev–Trinajstić information content (AvgIpc) is 2.88. The third-order valence-electron chi connectivity index (χ3n) is 5.36. The molecule has 8 nitrogen and oxygen atoms in total. The Bertz CT molecular complexity index is 1230. The van der Waals surface area contributed by atoms with Crippen molar-refractivity contribution in [1.29, 1.82) is 0 Å². The van der Waals surface area contributed by atoms with Gasteiger partial charge >= 0.3 is 0 Å². The fourth-order valence-corrected chi connectivity index (χ4v) is 4.52. The number of benzene rings is 3. The van der Waals surface area contributed by atoms with Gasteiger partial charge in [0.15, 0.2) is 11.5 Å². The number of methoxy groups -OCH3 is 3. The number of nitrogens with zero attached hydrogens (tertiary/aromatic N) is 1. The van der Waals surface area contributed by atoms with Gasteiger partial charge < -0.3 is 19.5 Å². The summed E-state index contributed by atoms with van der Waals surface area (Å²) < 4.78 is 42.8. The van der Waals surface area contributed by atoms with E-state index in [0.717, 1.165) is 15.6 Å². The number of carbonyl (C=O) groups excluding carboxylic acids is 1. The molecule has 0 saturated heterocycles. The van der Waals surface area contributed by atoms with Gasteiger partial charge in [0.2, 0.25) is 0 Å². The maximum absolute atomic E-state index is 13.1. The summed E-state index contributed by atoms with van der Waals surface area (Å²) in [5.41, 5.74) is 1.94. The van der Waals surface area contributed by atoms with Gasteiger partial charge in [-0.3, -0.25) is 9.10 Å². The van der Waals surface area contributed by atoms with Crippen LogP contribution in [0.2, 0.25) is 0 Å². The largest absolute Gasteiger partial charge is 0.497 e. The van der Waals surface area contributed by atoms with Crippen molar-refractivity contribution in [3.8, 4) is 17.2 Å². The highest BCUT2D eigenvalue weighted by molar-refractivity contribution is 7.92. The molecule has 0 atom stereocenters. The summed E-state index contributed by atoms with van der Waals surface area (Å²) in [4.78, 5) is 12.5. The molecule has 0 aliphatic carbocycles. The zero-order valence-electron chi connectivity index (χ0n) is 19.6. The molecule has 0 aromatic heterocycles. The molecule has 1 amide bonds. The van der Waals surface area contributed by atoms with Gasteiger partial charge in [-0.1, -0.05) is 12.1 Å². The Morgan fingerprint density at radius 3 is 2.09 bits per heavy atom. The molecule has 1 N–H and O–H groups in total. The van der Waals surface area contributed by atoms with Gasteiger partial charge in [-0.25, -0.2) is 8.42 Å². The molecule has 0 heterocycles. The monoisotopic (exact) mass is 484 g/mol. The second-order valence-corrected chi connectivity index (χ2v) is 9.36. The van der Waals surface area contributed by atoms with Crippen LogP contribution in [0.5, 0.6) is 17.2 Å². The normalized spacial score (nSPS) is 10.9. The third-order valence-corrected chi connectivity index (χ3v) is 7.15. The first-order chi connectivity index (χ1) is 16.3. The molecule has 9 heteroatoms. The highest BCUT2D eigenvalue weighted by atomic mass is 32.2. The van der Waals surface area contributed by atoms with Crippen molar-refractivity contribution in [2.75, 3.05) is 39.2 Å². The van der Waals surface area contributed by atoms with E-state index in [9.17, 15) is 13.2 Å². The summed E-state index contributed by atoms with van der Waals surface area (Å²) in [7, 11) is 2.15. The van der Waals surface area contributed by atoms with Crippen LogP contribution < -0.4 is 23.8 Å². The second-order valence-electron chi connectivity index (χ2n) is 7.39. The number of rotatable bonds is 10. The minimum absolute atomic E-state index is 0.0630. The summed E-state index contributed by atoms with van der Waals surface area (Å²) in [5, 5.41) is 2.88. The second kappa shape index (κ2) is 10.9. The van der Waals surface area contributed by atoms with E-state index in [1.807, 2.05) is 24.3 Å². The lowest BCUT2D eigenvalue weighted by molar-refractivity contribution is 0.0954. The lowest BCUT2D eigenvalue weighted by atomic mass is 10.1. The van der Waals surface area contributed by atoms with Gasteiger partial charge in [-0.15, -0.1) is 0 Å². The topological polar surface area (TPSA) is 94.2 Å². The number of amides is 1. The van der Waals surface area contributed by atoms with Crippen molar-refractivity contribution >= 4 is 21.6 Å². The van der Waals surface area contributed by atoms with E-state index >= 15 is 0 Å². The summed E-state index contributed by atoms with van der Waals surface area (Å²) in [6.45, 7) is 0.473. The van der Waals surface area contributed by atoms with E-state index in [0.29, 0.717) is 35.7 Å². The molecule has 0 spiro atoms. The van der Waals surface area contributed by atoms with Gasteiger partial charge in [0.25, 0.3) is 15.9 Å². The summed E-state index contributed by atoms with van der Waals surface area (Å²) in [5.74, 6) is 1.31. The van der Waals surface area contributed by atoms with Crippen LogP contribution in [0.15, 0.2) is 71.6 Å². The van der Waals surface area contributed by atoms with Gasteiger partial charge in [-0.05, 0) is 60.5 Å². The van der Waals surface area contributed by atoms with Crippen molar-refractivity contribution < 1.29 is 27.4 Å². The number of nitrogens with one attached hydrogen (secondary N) is 1. The Morgan fingerprint density at radius 1 is 0.853 bits per heavy atom. The van der Waals surface area contributed by atoms with Crippen LogP contribution in [-0.2, 0) is 16.4 Å². The quantitative estimate of drug-likeness (QED) is 0.473. The fourth-order valence-electron chi connectivity index (χ4n) is 3.31. The summed E-state index contributed by atoms with van der Waals surface area (Å²) >= 11 is 0. The average molecular weight is 485 g/mol. The maximum Gasteiger partial charge on any atom is 0.264 e. The summed E-state index contributed by atoms with van der Waals surface area (Å²) in [6.07, 6.45) is 0.681. The van der Waals surface area contributed by atoms with Gasteiger partial charge in [0.05, 0.1) is 31.9 Å². The number of ether oxygens (including phenoxy) is 3. The van der Waals surface area contributed by atoms with E-state index in [2.05, 4.69) is 5.32 Å². The van der Waals surface area contributed by atoms with Gasteiger partial charge in [-0.2, -0.15) is 0 Å². The van der Waals surface area contributed by atoms with E-state index in [-0.39, 0.29) is 10.8 Å². The van der Waals surface area contributed by atoms with Crippen molar-refractivity contribution in [3.63, 3.8) is 0 Å². The molecule has 0 radical (unpaired) electrons. The third kappa shape index (κ3) is 5.60. The molecule has 0 bridgehead atoms.